The second-order valence-electron chi connectivity index (χ2n) is 12.3. The zero-order valence-electron chi connectivity index (χ0n) is 24.0. The van der Waals surface area contributed by atoms with Gasteiger partial charge in [-0.2, -0.15) is 0 Å². The molecule has 7 nitrogen and oxygen atoms in total. The van der Waals surface area contributed by atoms with Gasteiger partial charge in [-0.3, -0.25) is 0 Å². The first-order valence-corrected chi connectivity index (χ1v) is 14.6. The Morgan fingerprint density at radius 1 is 0.950 bits per heavy atom. The summed E-state index contributed by atoms with van der Waals surface area (Å²) in [7, 11) is 0. The molecule has 4 atom stereocenters. The quantitative estimate of drug-likeness (QED) is 0.415. The second-order valence-corrected chi connectivity index (χ2v) is 12.3. The number of hydrogen-bond donors (Lipinski definition) is 2. The number of amides is 2. The van der Waals surface area contributed by atoms with Crippen LogP contribution in [0.1, 0.15) is 64.0 Å². The Morgan fingerprint density at radius 2 is 1.70 bits per heavy atom. The fourth-order valence-electron chi connectivity index (χ4n) is 5.95. The highest BCUT2D eigenvalue weighted by Gasteiger charge is 2.35. The van der Waals surface area contributed by atoms with E-state index in [0.717, 1.165) is 69.3 Å². The summed E-state index contributed by atoms with van der Waals surface area (Å²) < 4.78 is 24.4. The molecule has 0 spiro atoms. The van der Waals surface area contributed by atoms with Gasteiger partial charge in [0, 0.05) is 25.2 Å². The molecule has 218 valence electrons. The third kappa shape index (κ3) is 9.81. The summed E-state index contributed by atoms with van der Waals surface area (Å²) in [5, 5.41) is 6.18. The SMILES string of the molecule is CC(C)(C)OC(=O)N[C@@H]1CC[C@@H](NC(=O)OCc2ccccc2)[C@H](CN2CCC[C@@H](Cc3ccc(F)cc3)C2)C1. The van der Waals surface area contributed by atoms with Crippen LogP contribution in [0.4, 0.5) is 14.0 Å². The summed E-state index contributed by atoms with van der Waals surface area (Å²) in [6.07, 6.45) is 4.63. The monoisotopic (exact) mass is 553 g/mol. The van der Waals surface area contributed by atoms with Gasteiger partial charge in [-0.05, 0) is 101 Å². The Balaban J connectivity index is 1.36. The lowest BCUT2D eigenvalue weighted by Crippen LogP contribution is -2.53. The van der Waals surface area contributed by atoms with E-state index in [9.17, 15) is 14.0 Å². The highest BCUT2D eigenvalue weighted by atomic mass is 19.1. The van der Waals surface area contributed by atoms with Crippen LogP contribution in [0.3, 0.4) is 0 Å². The van der Waals surface area contributed by atoms with Gasteiger partial charge in [-0.15, -0.1) is 0 Å². The van der Waals surface area contributed by atoms with Gasteiger partial charge >= 0.3 is 12.2 Å². The number of ether oxygens (including phenoxy) is 2. The highest BCUT2D eigenvalue weighted by Crippen LogP contribution is 2.29. The van der Waals surface area contributed by atoms with Crippen molar-refractivity contribution in [2.75, 3.05) is 19.6 Å². The molecule has 1 aliphatic carbocycles. The smallest absolute Gasteiger partial charge is 0.407 e. The van der Waals surface area contributed by atoms with Crippen molar-refractivity contribution in [2.24, 2.45) is 11.8 Å². The van der Waals surface area contributed by atoms with Crippen LogP contribution >= 0.6 is 0 Å². The zero-order valence-corrected chi connectivity index (χ0v) is 24.0. The Bertz CT molecular complexity index is 1090. The molecule has 1 saturated heterocycles. The summed E-state index contributed by atoms with van der Waals surface area (Å²) in [5.41, 5.74) is 1.55. The van der Waals surface area contributed by atoms with Gasteiger partial charge < -0.3 is 25.0 Å². The zero-order chi connectivity index (χ0) is 28.5. The number of benzene rings is 2. The van der Waals surface area contributed by atoms with Gasteiger partial charge in [-0.1, -0.05) is 42.5 Å². The van der Waals surface area contributed by atoms with Gasteiger partial charge in [-0.25, -0.2) is 14.0 Å². The van der Waals surface area contributed by atoms with Gasteiger partial charge in [0.2, 0.25) is 0 Å². The molecule has 0 aromatic heterocycles. The van der Waals surface area contributed by atoms with Crippen molar-refractivity contribution in [3.05, 3.63) is 71.5 Å². The maximum absolute atomic E-state index is 13.4. The molecular weight excluding hydrogens is 509 g/mol. The topological polar surface area (TPSA) is 79.9 Å². The van der Waals surface area contributed by atoms with Crippen molar-refractivity contribution in [3.63, 3.8) is 0 Å². The van der Waals surface area contributed by atoms with Crippen LogP contribution in [0.5, 0.6) is 0 Å². The van der Waals surface area contributed by atoms with Crippen LogP contribution in [0.15, 0.2) is 54.6 Å². The lowest BCUT2D eigenvalue weighted by atomic mass is 9.80. The summed E-state index contributed by atoms with van der Waals surface area (Å²) in [5.74, 6) is 0.449. The van der Waals surface area contributed by atoms with Crippen molar-refractivity contribution >= 4 is 12.2 Å². The van der Waals surface area contributed by atoms with Crippen molar-refractivity contribution in [1.29, 1.82) is 0 Å². The number of carbonyl (C=O) groups excluding carboxylic acids is 2. The minimum Gasteiger partial charge on any atom is -0.445 e. The number of alkyl carbamates (subject to hydrolysis) is 2. The number of nitrogens with one attached hydrogen (secondary N) is 2. The van der Waals surface area contributed by atoms with E-state index in [1.54, 1.807) is 0 Å². The minimum absolute atomic E-state index is 0.0157. The van der Waals surface area contributed by atoms with Gasteiger partial charge in [0.25, 0.3) is 0 Å². The average Bonchev–Trinajstić information content (AvgIpc) is 2.90. The van der Waals surface area contributed by atoms with E-state index in [1.807, 2.05) is 63.2 Å². The van der Waals surface area contributed by atoms with Crippen molar-refractivity contribution < 1.29 is 23.5 Å². The molecule has 2 N–H and O–H groups in total. The molecule has 8 heteroatoms. The molecule has 4 rings (SSSR count). The van der Waals surface area contributed by atoms with E-state index in [-0.39, 0.29) is 30.4 Å². The molecule has 0 unspecified atom stereocenters. The second kappa shape index (κ2) is 14.0. The molecule has 2 aromatic carbocycles. The fraction of sp³-hybridized carbons (Fsp3) is 0.562. The lowest BCUT2D eigenvalue weighted by molar-refractivity contribution is 0.0457. The van der Waals surface area contributed by atoms with Gasteiger partial charge in [0.15, 0.2) is 0 Å². The maximum atomic E-state index is 13.4. The van der Waals surface area contributed by atoms with Crippen LogP contribution < -0.4 is 10.6 Å². The van der Waals surface area contributed by atoms with Crippen LogP contribution in [0.2, 0.25) is 0 Å². The molecule has 2 aromatic rings. The molecule has 1 heterocycles. The van der Waals surface area contributed by atoms with Crippen LogP contribution in [0, 0.1) is 17.7 Å². The fourth-order valence-corrected chi connectivity index (χ4v) is 5.95. The number of likely N-dealkylation sites (tertiary alicyclic amines) is 1. The molecule has 0 bridgehead atoms. The average molecular weight is 554 g/mol. The first kappa shape index (κ1) is 29.8. The molecule has 2 aliphatic rings. The molecular formula is C32H44FN3O4. The first-order valence-electron chi connectivity index (χ1n) is 14.6. The Hall–Kier alpha value is -3.13. The Morgan fingerprint density at radius 3 is 2.42 bits per heavy atom. The number of halogens is 1. The Kier molecular flexibility index (Phi) is 10.4. The first-order chi connectivity index (χ1) is 19.1. The van der Waals surface area contributed by atoms with Crippen molar-refractivity contribution in [2.45, 2.75) is 83.6 Å². The largest absolute Gasteiger partial charge is 0.445 e. The third-order valence-electron chi connectivity index (χ3n) is 7.75. The molecule has 1 aliphatic heterocycles. The van der Waals surface area contributed by atoms with E-state index in [2.05, 4.69) is 15.5 Å². The number of piperidine rings is 1. The molecule has 0 radical (unpaired) electrons. The number of hydrogen-bond acceptors (Lipinski definition) is 5. The van der Waals surface area contributed by atoms with Crippen molar-refractivity contribution in [3.8, 4) is 0 Å². The summed E-state index contributed by atoms with van der Waals surface area (Å²) in [6, 6.07) is 16.4. The predicted molar refractivity (Wildman–Crippen MR) is 153 cm³/mol. The summed E-state index contributed by atoms with van der Waals surface area (Å²) in [4.78, 5) is 27.7. The molecule has 2 amide bonds. The van der Waals surface area contributed by atoms with Crippen LogP contribution in [0.25, 0.3) is 0 Å². The van der Waals surface area contributed by atoms with Crippen LogP contribution in [-0.4, -0.2) is 54.4 Å². The number of nitrogens with zero attached hydrogens (tertiary/aromatic N) is 1. The van der Waals surface area contributed by atoms with E-state index in [4.69, 9.17) is 9.47 Å². The molecule has 1 saturated carbocycles. The van der Waals surface area contributed by atoms with E-state index in [1.165, 1.54) is 12.1 Å². The predicted octanol–water partition coefficient (Wildman–Crippen LogP) is 6.07. The maximum Gasteiger partial charge on any atom is 0.407 e. The van der Waals surface area contributed by atoms with Crippen LogP contribution in [-0.2, 0) is 22.5 Å². The van der Waals surface area contributed by atoms with E-state index < -0.39 is 17.8 Å². The van der Waals surface area contributed by atoms with Crippen molar-refractivity contribution in [1.82, 2.24) is 15.5 Å². The third-order valence-corrected chi connectivity index (χ3v) is 7.75. The lowest BCUT2D eigenvalue weighted by Gasteiger charge is -2.41. The minimum atomic E-state index is -0.557. The highest BCUT2D eigenvalue weighted by molar-refractivity contribution is 5.68. The van der Waals surface area contributed by atoms with Gasteiger partial charge in [0.1, 0.15) is 18.0 Å². The van der Waals surface area contributed by atoms with Gasteiger partial charge in [0.05, 0.1) is 0 Å². The Labute approximate surface area is 237 Å². The molecule has 40 heavy (non-hydrogen) atoms. The number of rotatable bonds is 8. The molecule has 2 fully saturated rings. The summed E-state index contributed by atoms with van der Waals surface area (Å²) in [6.45, 7) is 8.59. The van der Waals surface area contributed by atoms with E-state index >= 15 is 0 Å². The van der Waals surface area contributed by atoms with E-state index in [0.29, 0.717) is 5.92 Å². The normalized spacial score (nSPS) is 23.7. The standard InChI is InChI=1S/C32H44FN3O4/c1-32(2,3)40-31(38)34-28-15-16-29(35-30(37)39-22-24-8-5-4-6-9-24)26(19-28)21-36-17-7-10-25(20-36)18-23-11-13-27(33)14-12-23/h4-6,8-9,11-14,25-26,28-29H,7,10,15-22H2,1-3H3,(H,34,38)(H,35,37)/t25-,26-,28+,29+/m0/s1. The number of carbonyl (C=O) groups is 2. The summed E-state index contributed by atoms with van der Waals surface area (Å²) >= 11 is 0.